The average molecular weight is 195 g/mol. The third-order valence-corrected chi connectivity index (χ3v) is 1.99. The molecule has 0 radical (unpaired) electrons. The van der Waals surface area contributed by atoms with Crippen LogP contribution in [0.4, 0.5) is 0 Å². The van der Waals surface area contributed by atoms with Crippen molar-refractivity contribution in [3.8, 4) is 0 Å². The highest BCUT2D eigenvalue weighted by molar-refractivity contribution is 4.95. The SMILES string of the molecule is NOC[C@@]1(O)O[C@@H](CO)[C@@H](O)[C@@H]1O. The van der Waals surface area contributed by atoms with Crippen molar-refractivity contribution in [1.29, 1.82) is 0 Å². The molecule has 13 heavy (non-hydrogen) atoms. The monoisotopic (exact) mass is 195 g/mol. The standard InChI is InChI=1S/C6H13NO6/c7-12-2-6(11)5(10)4(9)3(1-8)13-6/h3-5,8-11H,1-2,7H2/t3-,4+,5-,6+/m0/s1. The molecule has 4 atom stereocenters. The van der Waals surface area contributed by atoms with Gasteiger partial charge in [0.2, 0.25) is 5.79 Å². The van der Waals surface area contributed by atoms with Gasteiger partial charge in [-0.15, -0.1) is 0 Å². The van der Waals surface area contributed by atoms with Crippen molar-refractivity contribution in [2.75, 3.05) is 13.2 Å². The van der Waals surface area contributed by atoms with Gasteiger partial charge in [-0.2, -0.15) is 0 Å². The number of rotatable bonds is 3. The van der Waals surface area contributed by atoms with Crippen molar-refractivity contribution in [1.82, 2.24) is 0 Å². The van der Waals surface area contributed by atoms with Crippen LogP contribution in [-0.4, -0.2) is 57.7 Å². The average Bonchev–Trinajstić information content (AvgIpc) is 2.31. The lowest BCUT2D eigenvalue weighted by atomic mass is 10.1. The van der Waals surface area contributed by atoms with Gasteiger partial charge in [0.15, 0.2) is 0 Å². The predicted molar refractivity (Wildman–Crippen MR) is 39.1 cm³/mol. The van der Waals surface area contributed by atoms with E-state index in [4.69, 9.17) is 15.7 Å². The molecule has 0 spiro atoms. The first-order valence-corrected chi connectivity index (χ1v) is 3.74. The minimum absolute atomic E-state index is 0.484. The Labute approximate surface area is 74.3 Å². The molecule has 1 aliphatic heterocycles. The number of hydrogen-bond donors (Lipinski definition) is 5. The van der Waals surface area contributed by atoms with E-state index in [0.717, 1.165) is 0 Å². The summed E-state index contributed by atoms with van der Waals surface area (Å²) >= 11 is 0. The minimum Gasteiger partial charge on any atom is -0.394 e. The lowest BCUT2D eigenvalue weighted by Crippen LogP contribution is -2.47. The van der Waals surface area contributed by atoms with Gasteiger partial charge in [-0.3, -0.25) is 4.84 Å². The maximum atomic E-state index is 9.48. The molecule has 6 N–H and O–H groups in total. The highest BCUT2D eigenvalue weighted by Gasteiger charge is 2.53. The Morgan fingerprint density at radius 3 is 2.46 bits per heavy atom. The van der Waals surface area contributed by atoms with Crippen LogP contribution in [0.5, 0.6) is 0 Å². The highest BCUT2D eigenvalue weighted by atomic mass is 16.7. The molecular weight excluding hydrogens is 182 g/mol. The number of aliphatic hydroxyl groups excluding tert-OH is 3. The van der Waals surface area contributed by atoms with Crippen LogP contribution in [0.3, 0.4) is 0 Å². The largest absolute Gasteiger partial charge is 0.394 e. The van der Waals surface area contributed by atoms with Crippen LogP contribution in [0.2, 0.25) is 0 Å². The second-order valence-electron chi connectivity index (χ2n) is 2.93. The molecule has 0 amide bonds. The highest BCUT2D eigenvalue weighted by Crippen LogP contribution is 2.28. The first-order valence-electron chi connectivity index (χ1n) is 3.74. The Balaban J connectivity index is 2.69. The zero-order chi connectivity index (χ0) is 10.1. The van der Waals surface area contributed by atoms with Crippen LogP contribution >= 0.6 is 0 Å². The second-order valence-corrected chi connectivity index (χ2v) is 2.93. The number of nitrogens with two attached hydrogens (primary N) is 1. The summed E-state index contributed by atoms with van der Waals surface area (Å²) in [7, 11) is 0. The number of hydrogen-bond acceptors (Lipinski definition) is 7. The van der Waals surface area contributed by atoms with Crippen LogP contribution in [0.15, 0.2) is 0 Å². The van der Waals surface area contributed by atoms with Gasteiger partial charge in [0.25, 0.3) is 0 Å². The molecule has 7 heteroatoms. The van der Waals surface area contributed by atoms with E-state index in [-0.39, 0.29) is 0 Å². The Bertz CT molecular complexity index is 179. The van der Waals surface area contributed by atoms with E-state index in [1.165, 1.54) is 0 Å². The summed E-state index contributed by atoms with van der Waals surface area (Å²) in [5, 5.41) is 36.7. The smallest absolute Gasteiger partial charge is 0.221 e. The summed E-state index contributed by atoms with van der Waals surface area (Å²) in [6.45, 7) is -0.993. The van der Waals surface area contributed by atoms with Gasteiger partial charge in [-0.25, -0.2) is 5.90 Å². The molecule has 78 valence electrons. The fraction of sp³-hybridized carbons (Fsp3) is 1.00. The molecule has 7 nitrogen and oxygen atoms in total. The van der Waals surface area contributed by atoms with Crippen molar-refractivity contribution >= 4 is 0 Å². The molecule has 0 aromatic heterocycles. The van der Waals surface area contributed by atoms with Gasteiger partial charge in [0, 0.05) is 0 Å². The lowest BCUT2D eigenvalue weighted by molar-refractivity contribution is -0.255. The molecule has 1 aliphatic rings. The molecule has 1 saturated heterocycles. The predicted octanol–water partition coefficient (Wildman–Crippen LogP) is -3.32. The topological polar surface area (TPSA) is 125 Å². The molecule has 1 heterocycles. The Kier molecular flexibility index (Phi) is 3.19. The molecule has 0 unspecified atom stereocenters. The normalized spacial score (nSPS) is 45.5. The Morgan fingerprint density at radius 2 is 2.08 bits per heavy atom. The van der Waals surface area contributed by atoms with E-state index in [9.17, 15) is 15.3 Å². The van der Waals surface area contributed by atoms with Gasteiger partial charge in [0.1, 0.15) is 24.9 Å². The molecular formula is C6H13NO6. The molecule has 1 rings (SSSR count). The van der Waals surface area contributed by atoms with Crippen molar-refractivity contribution in [3.05, 3.63) is 0 Å². The third kappa shape index (κ3) is 1.81. The van der Waals surface area contributed by atoms with Gasteiger partial charge in [-0.1, -0.05) is 0 Å². The second kappa shape index (κ2) is 3.84. The quantitative estimate of drug-likeness (QED) is 0.298. The number of aliphatic hydroxyl groups is 4. The van der Waals surface area contributed by atoms with Crippen molar-refractivity contribution in [3.63, 3.8) is 0 Å². The van der Waals surface area contributed by atoms with Gasteiger partial charge >= 0.3 is 0 Å². The maximum Gasteiger partial charge on any atom is 0.221 e. The molecule has 0 aliphatic carbocycles. The molecule has 0 aromatic rings. The summed E-state index contributed by atoms with van der Waals surface area (Å²) in [5.41, 5.74) is 0. The van der Waals surface area contributed by atoms with Crippen molar-refractivity contribution < 1.29 is 30.0 Å². The molecule has 0 saturated carbocycles. The molecule has 1 fully saturated rings. The summed E-state index contributed by atoms with van der Waals surface area (Å²) in [6, 6.07) is 0. The molecule has 0 bridgehead atoms. The fourth-order valence-corrected chi connectivity index (χ4v) is 1.26. The van der Waals surface area contributed by atoms with Crippen molar-refractivity contribution in [2.45, 2.75) is 24.1 Å². The van der Waals surface area contributed by atoms with E-state index in [1.807, 2.05) is 0 Å². The first-order chi connectivity index (χ1) is 6.05. The van der Waals surface area contributed by atoms with E-state index < -0.39 is 37.3 Å². The zero-order valence-corrected chi connectivity index (χ0v) is 6.83. The van der Waals surface area contributed by atoms with Crippen LogP contribution in [0.25, 0.3) is 0 Å². The van der Waals surface area contributed by atoms with Crippen LogP contribution < -0.4 is 5.90 Å². The van der Waals surface area contributed by atoms with Gasteiger partial charge < -0.3 is 25.2 Å². The van der Waals surface area contributed by atoms with Gasteiger partial charge in [0.05, 0.1) is 6.61 Å². The molecule has 0 aromatic carbocycles. The summed E-state index contributed by atoms with van der Waals surface area (Å²) in [6.07, 6.45) is -3.94. The van der Waals surface area contributed by atoms with E-state index >= 15 is 0 Å². The van der Waals surface area contributed by atoms with Crippen molar-refractivity contribution in [2.24, 2.45) is 5.90 Å². The van der Waals surface area contributed by atoms with E-state index in [2.05, 4.69) is 4.84 Å². The van der Waals surface area contributed by atoms with Crippen LogP contribution in [0.1, 0.15) is 0 Å². The third-order valence-electron chi connectivity index (χ3n) is 1.99. The van der Waals surface area contributed by atoms with E-state index in [0.29, 0.717) is 0 Å². The minimum atomic E-state index is -2.05. The maximum absolute atomic E-state index is 9.48. The van der Waals surface area contributed by atoms with E-state index in [1.54, 1.807) is 0 Å². The van der Waals surface area contributed by atoms with Crippen LogP contribution in [-0.2, 0) is 9.57 Å². The first kappa shape index (κ1) is 10.8. The fourth-order valence-electron chi connectivity index (χ4n) is 1.26. The number of ether oxygens (including phenoxy) is 1. The Hall–Kier alpha value is -0.280. The summed E-state index contributed by atoms with van der Waals surface area (Å²) in [5.74, 6) is 2.64. The zero-order valence-electron chi connectivity index (χ0n) is 6.83. The van der Waals surface area contributed by atoms with Crippen LogP contribution in [0, 0.1) is 0 Å². The summed E-state index contributed by atoms with van der Waals surface area (Å²) in [4.78, 5) is 4.11. The Morgan fingerprint density at radius 1 is 1.46 bits per heavy atom. The van der Waals surface area contributed by atoms with Gasteiger partial charge in [-0.05, 0) is 0 Å². The lowest BCUT2D eigenvalue weighted by Gasteiger charge is -2.24. The summed E-state index contributed by atoms with van der Waals surface area (Å²) < 4.78 is 4.76.